The Hall–Kier alpha value is -1.42. The minimum absolute atomic E-state index is 0.360. The monoisotopic (exact) mass is 196 g/mol. The lowest BCUT2D eigenvalue weighted by molar-refractivity contribution is 1.34. The number of nitrogens with two attached hydrogens (primary N) is 2. The van der Waals surface area contributed by atoms with Gasteiger partial charge in [-0.2, -0.15) is 0 Å². The van der Waals surface area contributed by atoms with Crippen LogP contribution in [0.2, 0.25) is 0 Å². The summed E-state index contributed by atoms with van der Waals surface area (Å²) in [6, 6.07) is 3.64. The first kappa shape index (κ1) is 8.19. The van der Waals surface area contributed by atoms with E-state index in [1.807, 2.05) is 6.07 Å². The van der Waals surface area contributed by atoms with Crippen LogP contribution < -0.4 is 11.5 Å². The van der Waals surface area contributed by atoms with Gasteiger partial charge in [0.25, 0.3) is 0 Å². The standard InChI is InChI=1S/C8H9ClN4/c9-3-4-1-2-5(10)7-6(4)12-8(11)13-7/h1-2H,3,10H2,(H3,11,12,13). The highest BCUT2D eigenvalue weighted by Crippen LogP contribution is 2.24. The van der Waals surface area contributed by atoms with Crippen molar-refractivity contribution in [3.63, 3.8) is 0 Å². The second-order valence-electron chi connectivity index (χ2n) is 2.79. The summed E-state index contributed by atoms with van der Waals surface area (Å²) in [5.41, 5.74) is 14.3. The lowest BCUT2D eigenvalue weighted by atomic mass is 10.2. The Balaban J connectivity index is 2.83. The Labute approximate surface area is 79.9 Å². The second-order valence-corrected chi connectivity index (χ2v) is 3.06. The third kappa shape index (κ3) is 1.19. The number of aromatic nitrogens is 2. The highest BCUT2D eigenvalue weighted by molar-refractivity contribution is 6.18. The van der Waals surface area contributed by atoms with Crippen molar-refractivity contribution in [2.45, 2.75) is 5.88 Å². The Morgan fingerprint density at radius 3 is 2.85 bits per heavy atom. The molecule has 13 heavy (non-hydrogen) atoms. The van der Waals surface area contributed by atoms with Gasteiger partial charge in [-0.05, 0) is 11.6 Å². The fraction of sp³-hybridized carbons (Fsp3) is 0.125. The largest absolute Gasteiger partial charge is 0.397 e. The van der Waals surface area contributed by atoms with E-state index in [-0.39, 0.29) is 0 Å². The first-order valence-electron chi connectivity index (χ1n) is 3.81. The molecule has 4 nitrogen and oxygen atoms in total. The molecule has 0 aliphatic rings. The fourth-order valence-electron chi connectivity index (χ4n) is 1.29. The van der Waals surface area contributed by atoms with E-state index in [2.05, 4.69) is 9.97 Å². The molecule has 5 N–H and O–H groups in total. The van der Waals surface area contributed by atoms with Gasteiger partial charge in [0.2, 0.25) is 0 Å². The molecule has 0 saturated carbocycles. The van der Waals surface area contributed by atoms with E-state index in [1.165, 1.54) is 0 Å². The lowest BCUT2D eigenvalue weighted by Crippen LogP contribution is -1.89. The van der Waals surface area contributed by atoms with E-state index in [9.17, 15) is 0 Å². The molecule has 0 radical (unpaired) electrons. The van der Waals surface area contributed by atoms with Gasteiger partial charge in [-0.25, -0.2) is 4.98 Å². The zero-order valence-corrected chi connectivity index (χ0v) is 7.60. The molecular formula is C8H9ClN4. The normalized spacial score (nSPS) is 10.8. The van der Waals surface area contributed by atoms with E-state index in [0.717, 1.165) is 16.6 Å². The van der Waals surface area contributed by atoms with Crippen molar-refractivity contribution in [2.24, 2.45) is 0 Å². The highest BCUT2D eigenvalue weighted by atomic mass is 35.5. The Kier molecular flexibility index (Phi) is 1.77. The predicted octanol–water partition coefficient (Wildman–Crippen LogP) is 1.47. The Morgan fingerprint density at radius 2 is 2.15 bits per heavy atom. The molecule has 5 heteroatoms. The number of imidazole rings is 1. The van der Waals surface area contributed by atoms with Gasteiger partial charge in [0.15, 0.2) is 5.95 Å². The number of hydrogen-bond acceptors (Lipinski definition) is 3. The van der Waals surface area contributed by atoms with E-state index < -0.39 is 0 Å². The van der Waals surface area contributed by atoms with Crippen molar-refractivity contribution in [1.82, 2.24) is 9.97 Å². The number of aromatic amines is 1. The number of benzene rings is 1. The molecule has 1 aromatic carbocycles. The summed E-state index contributed by atoms with van der Waals surface area (Å²) in [5, 5.41) is 0. The number of nitrogens with one attached hydrogen (secondary N) is 1. The maximum Gasteiger partial charge on any atom is 0.198 e. The van der Waals surface area contributed by atoms with Crippen molar-refractivity contribution in [3.05, 3.63) is 17.7 Å². The molecule has 1 aromatic heterocycles. The van der Waals surface area contributed by atoms with Crippen LogP contribution in [0.5, 0.6) is 0 Å². The van der Waals surface area contributed by atoms with Crippen LogP contribution in [0.25, 0.3) is 11.0 Å². The van der Waals surface area contributed by atoms with Crippen molar-refractivity contribution in [1.29, 1.82) is 0 Å². The van der Waals surface area contributed by atoms with Crippen LogP contribution in [0.15, 0.2) is 12.1 Å². The molecule has 68 valence electrons. The molecule has 0 aliphatic heterocycles. The molecule has 0 unspecified atom stereocenters. The molecule has 2 rings (SSSR count). The van der Waals surface area contributed by atoms with Gasteiger partial charge in [0, 0.05) is 5.88 Å². The number of alkyl halides is 1. The van der Waals surface area contributed by atoms with Crippen molar-refractivity contribution < 1.29 is 0 Å². The van der Waals surface area contributed by atoms with Crippen LogP contribution in [0.4, 0.5) is 11.6 Å². The first-order chi connectivity index (χ1) is 6.22. The van der Waals surface area contributed by atoms with Crippen molar-refractivity contribution in [3.8, 4) is 0 Å². The van der Waals surface area contributed by atoms with Crippen molar-refractivity contribution >= 4 is 34.3 Å². The smallest absolute Gasteiger partial charge is 0.198 e. The minimum atomic E-state index is 0.360. The van der Waals surface area contributed by atoms with Crippen molar-refractivity contribution in [2.75, 3.05) is 11.5 Å². The van der Waals surface area contributed by atoms with E-state index in [4.69, 9.17) is 23.1 Å². The van der Waals surface area contributed by atoms with Crippen LogP contribution in [0.1, 0.15) is 5.56 Å². The first-order valence-corrected chi connectivity index (χ1v) is 4.34. The van der Waals surface area contributed by atoms with Crippen LogP contribution in [-0.2, 0) is 5.88 Å². The number of hydrogen-bond donors (Lipinski definition) is 3. The summed E-state index contributed by atoms with van der Waals surface area (Å²) in [7, 11) is 0. The summed E-state index contributed by atoms with van der Waals surface area (Å²) in [6.07, 6.45) is 0. The maximum atomic E-state index is 5.73. The van der Waals surface area contributed by atoms with E-state index >= 15 is 0 Å². The fourth-order valence-corrected chi connectivity index (χ4v) is 1.51. The van der Waals surface area contributed by atoms with Gasteiger partial charge in [-0.3, -0.25) is 0 Å². The number of rotatable bonds is 1. The zero-order valence-electron chi connectivity index (χ0n) is 6.84. The van der Waals surface area contributed by atoms with E-state index in [1.54, 1.807) is 6.07 Å². The number of nitrogen functional groups attached to an aromatic ring is 2. The summed E-state index contributed by atoms with van der Waals surface area (Å²) in [6.45, 7) is 0. The summed E-state index contributed by atoms with van der Waals surface area (Å²) in [5.74, 6) is 0.764. The van der Waals surface area contributed by atoms with Gasteiger partial charge in [0.05, 0.1) is 16.7 Å². The SMILES string of the molecule is Nc1nc2c(CCl)ccc(N)c2[nH]1. The summed E-state index contributed by atoms with van der Waals surface area (Å²) >= 11 is 5.73. The Morgan fingerprint density at radius 1 is 1.38 bits per heavy atom. The molecule has 0 atom stereocenters. The van der Waals surface area contributed by atoms with Crippen LogP contribution >= 0.6 is 11.6 Å². The number of anilines is 2. The molecule has 2 aromatic rings. The maximum absolute atomic E-state index is 5.73. The molecule has 0 spiro atoms. The summed E-state index contributed by atoms with van der Waals surface area (Å²) in [4.78, 5) is 6.99. The quantitative estimate of drug-likeness (QED) is 0.477. The van der Waals surface area contributed by atoms with Crippen LogP contribution in [0.3, 0.4) is 0 Å². The summed E-state index contributed by atoms with van der Waals surface area (Å²) < 4.78 is 0. The molecule has 0 amide bonds. The van der Waals surface area contributed by atoms with Gasteiger partial charge < -0.3 is 16.5 Å². The molecule has 1 heterocycles. The third-order valence-electron chi connectivity index (χ3n) is 1.92. The number of fused-ring (bicyclic) bond motifs is 1. The average molecular weight is 197 g/mol. The third-order valence-corrected chi connectivity index (χ3v) is 2.21. The molecule has 0 fully saturated rings. The second kappa shape index (κ2) is 2.81. The zero-order chi connectivity index (χ0) is 9.42. The van der Waals surface area contributed by atoms with Gasteiger partial charge >= 0.3 is 0 Å². The van der Waals surface area contributed by atoms with Crippen LogP contribution in [-0.4, -0.2) is 9.97 Å². The number of H-pyrrole nitrogens is 1. The average Bonchev–Trinajstić information content (AvgIpc) is 2.48. The molecule has 0 bridgehead atoms. The predicted molar refractivity (Wildman–Crippen MR) is 54.5 cm³/mol. The highest BCUT2D eigenvalue weighted by Gasteiger charge is 2.07. The lowest BCUT2D eigenvalue weighted by Gasteiger charge is -1.98. The molecule has 0 aliphatic carbocycles. The number of nitrogens with zero attached hydrogens (tertiary/aromatic N) is 1. The topological polar surface area (TPSA) is 80.7 Å². The minimum Gasteiger partial charge on any atom is -0.397 e. The molecular weight excluding hydrogens is 188 g/mol. The van der Waals surface area contributed by atoms with Crippen LogP contribution in [0, 0.1) is 0 Å². The van der Waals surface area contributed by atoms with E-state index in [0.29, 0.717) is 17.5 Å². The van der Waals surface area contributed by atoms with Gasteiger partial charge in [-0.15, -0.1) is 11.6 Å². The number of halogens is 1. The van der Waals surface area contributed by atoms with Gasteiger partial charge in [0.1, 0.15) is 0 Å². The van der Waals surface area contributed by atoms with Gasteiger partial charge in [-0.1, -0.05) is 6.07 Å². The Bertz CT molecular complexity index is 449. The molecule has 0 saturated heterocycles.